The number of hydrogen-bond donors (Lipinski definition) is 2. The van der Waals surface area contributed by atoms with Gasteiger partial charge in [0.2, 0.25) is 5.90 Å². The Bertz CT molecular complexity index is 1770. The second-order valence-electron chi connectivity index (χ2n) is 11.3. The summed E-state index contributed by atoms with van der Waals surface area (Å²) in [6.07, 6.45) is 0.442. The number of aliphatic imine (C=N–C) groups is 1. The van der Waals surface area contributed by atoms with Gasteiger partial charge in [0.15, 0.2) is 11.6 Å². The highest BCUT2D eigenvalue weighted by Gasteiger charge is 2.53. The molecule has 0 aliphatic carbocycles. The van der Waals surface area contributed by atoms with Crippen molar-refractivity contribution in [1.82, 2.24) is 5.32 Å². The molecule has 0 fully saturated rings. The summed E-state index contributed by atoms with van der Waals surface area (Å²) < 4.78 is 23.3. The lowest BCUT2D eigenvalue weighted by Crippen LogP contribution is -2.50. The minimum Gasteiger partial charge on any atom is -0.497 e. The van der Waals surface area contributed by atoms with Crippen LogP contribution in [0.5, 0.6) is 17.2 Å². The summed E-state index contributed by atoms with van der Waals surface area (Å²) in [5.41, 5.74) is 11.6. The van der Waals surface area contributed by atoms with Crippen LogP contribution in [0.2, 0.25) is 0 Å². The van der Waals surface area contributed by atoms with E-state index in [0.29, 0.717) is 54.5 Å². The van der Waals surface area contributed by atoms with Gasteiger partial charge in [0, 0.05) is 36.5 Å². The van der Waals surface area contributed by atoms with Crippen LogP contribution in [0.4, 0.5) is 0 Å². The topological polar surface area (TPSA) is 147 Å². The number of amides is 1. The maximum atomic E-state index is 14.6. The van der Waals surface area contributed by atoms with Crippen LogP contribution >= 0.6 is 0 Å². The van der Waals surface area contributed by atoms with Crippen molar-refractivity contribution in [3.05, 3.63) is 135 Å². The molecule has 248 valence electrons. The van der Waals surface area contributed by atoms with E-state index in [1.165, 1.54) is 0 Å². The first-order valence-corrected chi connectivity index (χ1v) is 15.7. The predicted molar refractivity (Wildman–Crippen MR) is 182 cm³/mol. The monoisotopic (exact) mass is 649 g/mol. The van der Waals surface area contributed by atoms with Crippen LogP contribution in [0.25, 0.3) is 10.4 Å². The van der Waals surface area contributed by atoms with Crippen LogP contribution in [-0.2, 0) is 28.9 Å². The van der Waals surface area contributed by atoms with Crippen LogP contribution < -0.4 is 19.5 Å². The van der Waals surface area contributed by atoms with Crippen LogP contribution in [0.1, 0.15) is 40.3 Å². The van der Waals surface area contributed by atoms with E-state index in [4.69, 9.17) is 34.6 Å². The van der Waals surface area contributed by atoms with E-state index >= 15 is 0 Å². The Balaban J connectivity index is 1.56. The van der Waals surface area contributed by atoms with Crippen molar-refractivity contribution in [3.63, 3.8) is 0 Å². The summed E-state index contributed by atoms with van der Waals surface area (Å²) in [4.78, 5) is 22.7. The van der Waals surface area contributed by atoms with Crippen molar-refractivity contribution < 1.29 is 28.8 Å². The Labute approximate surface area is 279 Å². The fourth-order valence-electron chi connectivity index (χ4n) is 5.67. The first-order chi connectivity index (χ1) is 23.5. The van der Waals surface area contributed by atoms with Crippen LogP contribution in [-0.4, -0.2) is 56.4 Å². The SMILES string of the molecule is COc1cccc(CCNC(=O)[C@]2(Cc3ccccc3CN=[N+]=[N-])N=C(c3ccc(OCCCO)cc3)O[C@@H]2c2cccc(OC)c2)c1. The Morgan fingerprint density at radius 3 is 2.42 bits per heavy atom. The van der Waals surface area contributed by atoms with Crippen molar-refractivity contribution in [1.29, 1.82) is 0 Å². The molecule has 1 heterocycles. The number of benzene rings is 4. The molecule has 0 saturated carbocycles. The normalized spacial score (nSPS) is 16.6. The van der Waals surface area contributed by atoms with Gasteiger partial charge in [-0.2, -0.15) is 0 Å². The maximum Gasteiger partial charge on any atom is 0.252 e. The molecular formula is C37H39N5O6. The number of aliphatic hydroxyl groups excluding tert-OH is 1. The second-order valence-corrected chi connectivity index (χ2v) is 11.3. The van der Waals surface area contributed by atoms with Gasteiger partial charge in [-0.1, -0.05) is 53.6 Å². The zero-order valence-corrected chi connectivity index (χ0v) is 27.0. The predicted octanol–water partition coefficient (Wildman–Crippen LogP) is 6.13. The van der Waals surface area contributed by atoms with Gasteiger partial charge in [-0.25, -0.2) is 4.99 Å². The quantitative estimate of drug-likeness (QED) is 0.0646. The third-order valence-corrected chi connectivity index (χ3v) is 8.14. The summed E-state index contributed by atoms with van der Waals surface area (Å²) in [6, 6.07) is 30.0. The molecule has 11 nitrogen and oxygen atoms in total. The molecule has 11 heteroatoms. The molecule has 48 heavy (non-hydrogen) atoms. The van der Waals surface area contributed by atoms with E-state index in [9.17, 15) is 4.79 Å². The Morgan fingerprint density at radius 1 is 0.958 bits per heavy atom. The van der Waals surface area contributed by atoms with Gasteiger partial charge in [-0.15, -0.1) is 0 Å². The largest absolute Gasteiger partial charge is 0.497 e. The second kappa shape index (κ2) is 16.4. The average Bonchev–Trinajstić information content (AvgIpc) is 3.52. The number of ether oxygens (including phenoxy) is 4. The van der Waals surface area contributed by atoms with Crippen molar-refractivity contribution in [3.8, 4) is 17.2 Å². The summed E-state index contributed by atoms with van der Waals surface area (Å²) in [6.45, 7) is 0.909. The van der Waals surface area contributed by atoms with E-state index in [2.05, 4.69) is 15.3 Å². The first-order valence-electron chi connectivity index (χ1n) is 15.7. The lowest BCUT2D eigenvalue weighted by atomic mass is 9.80. The third-order valence-electron chi connectivity index (χ3n) is 8.14. The van der Waals surface area contributed by atoms with Crippen LogP contribution in [0, 0.1) is 0 Å². The van der Waals surface area contributed by atoms with E-state index in [0.717, 1.165) is 22.4 Å². The number of hydrogen-bond acceptors (Lipinski definition) is 8. The molecule has 0 bridgehead atoms. The lowest BCUT2D eigenvalue weighted by Gasteiger charge is -2.31. The Morgan fingerprint density at radius 2 is 1.69 bits per heavy atom. The minimum atomic E-state index is -1.45. The fourth-order valence-corrected chi connectivity index (χ4v) is 5.67. The van der Waals surface area contributed by atoms with Gasteiger partial charge in [0.1, 0.15) is 17.2 Å². The molecule has 5 rings (SSSR count). The molecule has 2 atom stereocenters. The van der Waals surface area contributed by atoms with Crippen LogP contribution in [0.3, 0.4) is 0 Å². The molecule has 1 aliphatic heterocycles. The van der Waals surface area contributed by atoms with Crippen molar-refractivity contribution in [2.45, 2.75) is 37.5 Å². The zero-order valence-electron chi connectivity index (χ0n) is 27.0. The highest BCUT2D eigenvalue weighted by Crippen LogP contribution is 2.43. The highest BCUT2D eigenvalue weighted by molar-refractivity contribution is 6.01. The van der Waals surface area contributed by atoms with Crippen molar-refractivity contribution in [2.24, 2.45) is 10.1 Å². The number of carbonyl (C=O) groups is 1. The molecule has 0 aromatic heterocycles. The van der Waals surface area contributed by atoms with Gasteiger partial charge in [-0.3, -0.25) is 4.79 Å². The summed E-state index contributed by atoms with van der Waals surface area (Å²) in [7, 11) is 3.21. The first kappa shape index (κ1) is 33.8. The van der Waals surface area contributed by atoms with Crippen molar-refractivity contribution in [2.75, 3.05) is 34.0 Å². The molecular weight excluding hydrogens is 610 g/mol. The molecule has 1 amide bonds. The molecule has 4 aromatic rings. The van der Waals surface area contributed by atoms with E-state index in [1.54, 1.807) is 14.2 Å². The van der Waals surface area contributed by atoms with Crippen LogP contribution in [0.15, 0.2) is 107 Å². The maximum absolute atomic E-state index is 14.6. The van der Waals surface area contributed by atoms with Gasteiger partial charge in [0.05, 0.1) is 27.4 Å². The van der Waals surface area contributed by atoms with E-state index in [-0.39, 0.29) is 25.5 Å². The van der Waals surface area contributed by atoms with Gasteiger partial charge < -0.3 is 29.4 Å². The summed E-state index contributed by atoms with van der Waals surface area (Å²) >= 11 is 0. The number of methoxy groups -OCH3 is 2. The van der Waals surface area contributed by atoms with Gasteiger partial charge >= 0.3 is 0 Å². The number of nitrogens with one attached hydrogen (secondary N) is 1. The third kappa shape index (κ3) is 8.06. The minimum absolute atomic E-state index is 0.0457. The molecule has 0 spiro atoms. The molecule has 2 N–H and O–H groups in total. The Kier molecular flexibility index (Phi) is 11.5. The van der Waals surface area contributed by atoms with E-state index in [1.807, 2.05) is 97.1 Å². The number of azide groups is 1. The van der Waals surface area contributed by atoms with E-state index < -0.39 is 11.6 Å². The summed E-state index contributed by atoms with van der Waals surface area (Å²) in [5, 5.41) is 16.0. The fraction of sp³-hybridized carbons (Fsp3) is 0.297. The summed E-state index contributed by atoms with van der Waals surface area (Å²) in [5.74, 6) is 2.00. The molecule has 0 radical (unpaired) electrons. The van der Waals surface area contributed by atoms with Gasteiger partial charge in [0.25, 0.3) is 5.91 Å². The lowest BCUT2D eigenvalue weighted by molar-refractivity contribution is -0.128. The number of aliphatic hydroxyl groups is 1. The standard InChI is InChI=1S/C37H39N5O6/c1-45-32-12-5-8-26(22-32)18-19-39-36(44)37(24-29-9-3-4-10-30(29)25-40-42-38)34(28-11-6-13-33(23-28)46-2)48-35(41-37)27-14-16-31(17-15-27)47-21-7-20-43/h3-6,8-17,22-23,34,43H,7,18-21,24-25H2,1-2H3,(H,39,44)/t34-,37-/m1/s1. The molecule has 0 unspecified atom stereocenters. The Hall–Kier alpha value is -5.51. The average molecular weight is 650 g/mol. The van der Waals surface area contributed by atoms with Gasteiger partial charge in [-0.05, 0) is 82.7 Å². The molecule has 0 saturated heterocycles. The number of rotatable bonds is 16. The smallest absolute Gasteiger partial charge is 0.252 e. The molecule has 4 aromatic carbocycles. The highest BCUT2D eigenvalue weighted by atomic mass is 16.5. The zero-order chi connectivity index (χ0) is 33.8. The molecule has 1 aliphatic rings. The number of nitrogens with zero attached hydrogens (tertiary/aromatic N) is 4. The number of carbonyl (C=O) groups excluding carboxylic acids is 1. The van der Waals surface area contributed by atoms with Crippen molar-refractivity contribution >= 4 is 11.8 Å².